The van der Waals surface area contributed by atoms with Gasteiger partial charge in [0, 0.05) is 24.5 Å². The summed E-state index contributed by atoms with van der Waals surface area (Å²) in [4.78, 5) is 0. The van der Waals surface area contributed by atoms with E-state index in [-0.39, 0.29) is 0 Å². The Labute approximate surface area is 152 Å². The number of rotatable bonds is 6. The molecule has 2 nitrogen and oxygen atoms in total. The summed E-state index contributed by atoms with van der Waals surface area (Å²) in [7, 11) is 0. The first-order valence-corrected chi connectivity index (χ1v) is 9.72. The van der Waals surface area contributed by atoms with Crippen LogP contribution in [0.3, 0.4) is 0 Å². The van der Waals surface area contributed by atoms with Crippen LogP contribution in [0, 0.1) is 0 Å². The number of benzene rings is 2. The van der Waals surface area contributed by atoms with Gasteiger partial charge in [0.25, 0.3) is 0 Å². The quantitative estimate of drug-likeness (QED) is 0.646. The fourth-order valence-electron chi connectivity index (χ4n) is 3.72. The minimum atomic E-state index is 0.958. The highest BCUT2D eigenvalue weighted by atomic mass is 14.9. The van der Waals surface area contributed by atoms with Crippen LogP contribution in [0.15, 0.2) is 54.1 Å². The molecular weight excluding hydrogens is 304 g/mol. The molecule has 0 aromatic heterocycles. The van der Waals surface area contributed by atoms with Crippen molar-refractivity contribution in [2.24, 2.45) is 0 Å². The molecule has 1 aliphatic rings. The third kappa shape index (κ3) is 4.45. The minimum absolute atomic E-state index is 0.958. The second-order valence-corrected chi connectivity index (χ2v) is 6.75. The Hall–Kier alpha value is -2.22. The maximum atomic E-state index is 3.39. The number of nitrogens with one attached hydrogen (secondary N) is 2. The van der Waals surface area contributed by atoms with Crippen LogP contribution in [0.2, 0.25) is 0 Å². The Morgan fingerprint density at radius 3 is 1.52 bits per heavy atom. The van der Waals surface area contributed by atoms with Crippen molar-refractivity contribution in [3.8, 4) is 0 Å². The summed E-state index contributed by atoms with van der Waals surface area (Å²) in [5, 5.41) is 6.78. The Morgan fingerprint density at radius 2 is 1.12 bits per heavy atom. The van der Waals surface area contributed by atoms with Gasteiger partial charge in [-0.05, 0) is 80.5 Å². The molecule has 0 aliphatic heterocycles. The molecule has 25 heavy (non-hydrogen) atoms. The van der Waals surface area contributed by atoms with Crippen molar-refractivity contribution < 1.29 is 0 Å². The first-order chi connectivity index (χ1) is 12.3. The SMILES string of the molecule is CCNc1ccc(C(=C2CCCCC2)c2ccc(NCC)cc2)cc1. The molecule has 2 aromatic carbocycles. The molecule has 0 heterocycles. The van der Waals surface area contributed by atoms with Crippen molar-refractivity contribution in [1.82, 2.24) is 0 Å². The monoisotopic (exact) mass is 334 g/mol. The van der Waals surface area contributed by atoms with Crippen LogP contribution in [0.25, 0.3) is 5.57 Å². The molecule has 1 fully saturated rings. The zero-order valence-corrected chi connectivity index (χ0v) is 15.6. The van der Waals surface area contributed by atoms with Gasteiger partial charge in [-0.1, -0.05) is 36.3 Å². The van der Waals surface area contributed by atoms with Crippen molar-refractivity contribution in [3.63, 3.8) is 0 Å². The van der Waals surface area contributed by atoms with Crippen molar-refractivity contribution in [2.75, 3.05) is 23.7 Å². The Balaban J connectivity index is 1.97. The number of anilines is 2. The molecule has 1 saturated carbocycles. The highest BCUT2D eigenvalue weighted by molar-refractivity contribution is 5.83. The summed E-state index contributed by atoms with van der Waals surface area (Å²) in [6.07, 6.45) is 6.49. The van der Waals surface area contributed by atoms with Crippen LogP contribution in [-0.4, -0.2) is 13.1 Å². The fraction of sp³-hybridized carbons (Fsp3) is 0.391. The van der Waals surface area contributed by atoms with E-state index in [2.05, 4.69) is 73.0 Å². The van der Waals surface area contributed by atoms with E-state index in [4.69, 9.17) is 0 Å². The average molecular weight is 335 g/mol. The maximum Gasteiger partial charge on any atom is 0.0340 e. The Kier molecular flexibility index (Phi) is 6.16. The lowest BCUT2D eigenvalue weighted by Gasteiger charge is -2.21. The summed E-state index contributed by atoms with van der Waals surface area (Å²) >= 11 is 0. The van der Waals surface area contributed by atoms with Gasteiger partial charge in [0.05, 0.1) is 0 Å². The molecule has 2 N–H and O–H groups in total. The topological polar surface area (TPSA) is 24.1 Å². The van der Waals surface area contributed by atoms with Gasteiger partial charge in [0.1, 0.15) is 0 Å². The first-order valence-electron chi connectivity index (χ1n) is 9.72. The molecule has 0 radical (unpaired) electrons. The molecule has 0 saturated heterocycles. The van der Waals surface area contributed by atoms with Gasteiger partial charge in [-0.2, -0.15) is 0 Å². The molecule has 0 amide bonds. The molecule has 0 bridgehead atoms. The van der Waals surface area contributed by atoms with E-state index < -0.39 is 0 Å². The standard InChI is InChI=1S/C23H30N2/c1-3-24-21-14-10-19(11-15-21)23(18-8-6-5-7-9-18)20-12-16-22(17-13-20)25-4-2/h10-17,24-25H,3-9H2,1-2H3. The molecule has 1 aliphatic carbocycles. The largest absolute Gasteiger partial charge is 0.385 e. The van der Waals surface area contributed by atoms with Crippen LogP contribution in [0.4, 0.5) is 11.4 Å². The van der Waals surface area contributed by atoms with Crippen molar-refractivity contribution in [1.29, 1.82) is 0 Å². The van der Waals surface area contributed by atoms with Gasteiger partial charge < -0.3 is 10.6 Å². The van der Waals surface area contributed by atoms with Gasteiger partial charge in [-0.25, -0.2) is 0 Å². The fourth-order valence-corrected chi connectivity index (χ4v) is 3.72. The average Bonchev–Trinajstić information content (AvgIpc) is 2.66. The first kappa shape index (κ1) is 17.6. The summed E-state index contributed by atoms with van der Waals surface area (Å²) < 4.78 is 0. The van der Waals surface area contributed by atoms with Crippen LogP contribution in [0.5, 0.6) is 0 Å². The molecule has 3 rings (SSSR count). The van der Waals surface area contributed by atoms with E-state index in [9.17, 15) is 0 Å². The van der Waals surface area contributed by atoms with Crippen molar-refractivity contribution >= 4 is 16.9 Å². The van der Waals surface area contributed by atoms with Crippen LogP contribution in [0.1, 0.15) is 57.1 Å². The zero-order valence-electron chi connectivity index (χ0n) is 15.6. The van der Waals surface area contributed by atoms with E-state index in [1.807, 2.05) is 0 Å². The number of allylic oxidation sites excluding steroid dienone is 1. The normalized spacial score (nSPS) is 14.2. The lowest BCUT2D eigenvalue weighted by atomic mass is 9.85. The summed E-state index contributed by atoms with van der Waals surface area (Å²) in [5.74, 6) is 0. The summed E-state index contributed by atoms with van der Waals surface area (Å²) in [6, 6.07) is 17.9. The highest BCUT2D eigenvalue weighted by Gasteiger charge is 2.15. The predicted molar refractivity (Wildman–Crippen MR) is 110 cm³/mol. The lowest BCUT2D eigenvalue weighted by Crippen LogP contribution is -2.02. The maximum absolute atomic E-state index is 3.39. The Bertz CT molecular complexity index is 636. The van der Waals surface area contributed by atoms with Gasteiger partial charge >= 0.3 is 0 Å². The molecule has 2 heteroatoms. The predicted octanol–water partition coefficient (Wildman–Crippen LogP) is 6.32. The van der Waals surface area contributed by atoms with Crippen molar-refractivity contribution in [2.45, 2.75) is 46.0 Å². The molecule has 0 unspecified atom stereocenters. The minimum Gasteiger partial charge on any atom is -0.385 e. The van der Waals surface area contributed by atoms with E-state index in [0.717, 1.165) is 13.1 Å². The second kappa shape index (κ2) is 8.75. The van der Waals surface area contributed by atoms with Crippen molar-refractivity contribution in [3.05, 3.63) is 65.2 Å². The van der Waals surface area contributed by atoms with E-state index in [1.165, 1.54) is 60.2 Å². The third-order valence-electron chi connectivity index (χ3n) is 4.92. The van der Waals surface area contributed by atoms with Crippen LogP contribution in [-0.2, 0) is 0 Å². The highest BCUT2D eigenvalue weighted by Crippen LogP contribution is 2.35. The van der Waals surface area contributed by atoms with Crippen LogP contribution >= 0.6 is 0 Å². The van der Waals surface area contributed by atoms with Gasteiger partial charge in [-0.3, -0.25) is 0 Å². The van der Waals surface area contributed by atoms with Gasteiger partial charge in [0.15, 0.2) is 0 Å². The smallest absolute Gasteiger partial charge is 0.0340 e. The second-order valence-electron chi connectivity index (χ2n) is 6.75. The molecular formula is C23H30N2. The van der Waals surface area contributed by atoms with Crippen LogP contribution < -0.4 is 10.6 Å². The summed E-state index contributed by atoms with van der Waals surface area (Å²) in [6.45, 7) is 6.18. The molecule has 2 aromatic rings. The number of hydrogen-bond acceptors (Lipinski definition) is 2. The molecule has 132 valence electrons. The Morgan fingerprint density at radius 1 is 0.680 bits per heavy atom. The lowest BCUT2D eigenvalue weighted by molar-refractivity contribution is 0.601. The molecule has 0 spiro atoms. The number of hydrogen-bond donors (Lipinski definition) is 2. The van der Waals surface area contributed by atoms with E-state index >= 15 is 0 Å². The van der Waals surface area contributed by atoms with Gasteiger partial charge in [0.2, 0.25) is 0 Å². The zero-order chi connectivity index (χ0) is 17.5. The third-order valence-corrected chi connectivity index (χ3v) is 4.92. The van der Waals surface area contributed by atoms with E-state index in [1.54, 1.807) is 5.57 Å². The van der Waals surface area contributed by atoms with Gasteiger partial charge in [-0.15, -0.1) is 0 Å². The summed E-state index contributed by atoms with van der Waals surface area (Å²) in [5.41, 5.74) is 8.15. The van der Waals surface area contributed by atoms with E-state index in [0.29, 0.717) is 0 Å². The molecule has 0 atom stereocenters.